The highest BCUT2D eigenvalue weighted by molar-refractivity contribution is 7.22. The number of amides is 1. The number of thiazole rings is 1. The monoisotopic (exact) mass is 422 g/mol. The molecule has 2 aromatic carbocycles. The number of aryl methyl sites for hydroxylation is 1. The zero-order chi connectivity index (χ0) is 20.4. The van der Waals surface area contributed by atoms with Crippen LogP contribution in [0.5, 0.6) is 5.75 Å². The molecule has 0 fully saturated rings. The lowest BCUT2D eigenvalue weighted by atomic mass is 10.0. The highest BCUT2D eigenvalue weighted by atomic mass is 32.1. The molecule has 29 heavy (non-hydrogen) atoms. The summed E-state index contributed by atoms with van der Waals surface area (Å²) in [6, 6.07) is 16.1. The number of nitrogens with zero attached hydrogens (tertiary/aromatic N) is 1. The summed E-state index contributed by atoms with van der Waals surface area (Å²) in [7, 11) is 0. The lowest BCUT2D eigenvalue weighted by Crippen LogP contribution is -2.09. The van der Waals surface area contributed by atoms with Gasteiger partial charge in [-0.05, 0) is 59.7 Å². The highest BCUT2D eigenvalue weighted by Gasteiger charge is 2.13. The number of carbonyl (C=O) groups excluding carboxylic acids is 1. The number of benzene rings is 2. The van der Waals surface area contributed by atoms with Crippen molar-refractivity contribution in [2.24, 2.45) is 0 Å². The van der Waals surface area contributed by atoms with Crippen molar-refractivity contribution in [1.82, 2.24) is 4.98 Å². The summed E-state index contributed by atoms with van der Waals surface area (Å²) < 4.78 is 6.93. The van der Waals surface area contributed by atoms with Gasteiger partial charge in [0.25, 0.3) is 5.91 Å². The van der Waals surface area contributed by atoms with Crippen LogP contribution in [0.3, 0.4) is 0 Å². The standard InChI is InChI=1S/C23H22N2O2S2/c1-14(2)17-5-7-18(8-6-17)27-12-16-11-21(28-13-16)22(26)25-23-24-19-9-4-15(3)10-20(19)29-23/h4-11,13-14H,12H2,1-3H3,(H,24,25,26). The van der Waals surface area contributed by atoms with Crippen LogP contribution < -0.4 is 10.1 Å². The minimum Gasteiger partial charge on any atom is -0.489 e. The fourth-order valence-corrected chi connectivity index (χ4v) is 4.68. The Kier molecular flexibility index (Phi) is 5.65. The van der Waals surface area contributed by atoms with Crippen molar-refractivity contribution in [3.05, 3.63) is 75.5 Å². The quantitative estimate of drug-likeness (QED) is 0.380. The Labute approximate surface area is 178 Å². The third-order valence-electron chi connectivity index (χ3n) is 4.59. The van der Waals surface area contributed by atoms with Crippen molar-refractivity contribution in [1.29, 1.82) is 0 Å². The second-order valence-electron chi connectivity index (χ2n) is 7.28. The van der Waals surface area contributed by atoms with E-state index in [0.29, 0.717) is 22.5 Å². The Balaban J connectivity index is 1.37. The number of hydrogen-bond acceptors (Lipinski definition) is 5. The predicted molar refractivity (Wildman–Crippen MR) is 121 cm³/mol. The zero-order valence-corrected chi connectivity index (χ0v) is 18.2. The third kappa shape index (κ3) is 4.66. The molecule has 2 aromatic heterocycles. The predicted octanol–water partition coefficient (Wildman–Crippen LogP) is 6.62. The van der Waals surface area contributed by atoms with Crippen molar-refractivity contribution in [2.45, 2.75) is 33.3 Å². The van der Waals surface area contributed by atoms with Crippen LogP contribution in [-0.4, -0.2) is 10.9 Å². The number of hydrogen-bond donors (Lipinski definition) is 1. The molecule has 4 nitrogen and oxygen atoms in total. The molecule has 0 bridgehead atoms. The number of carbonyl (C=O) groups is 1. The summed E-state index contributed by atoms with van der Waals surface area (Å²) in [5, 5.41) is 5.48. The topological polar surface area (TPSA) is 51.2 Å². The maximum atomic E-state index is 12.6. The lowest BCUT2D eigenvalue weighted by Gasteiger charge is -2.08. The summed E-state index contributed by atoms with van der Waals surface area (Å²) in [6.07, 6.45) is 0. The van der Waals surface area contributed by atoms with E-state index >= 15 is 0 Å². The van der Waals surface area contributed by atoms with Crippen LogP contribution in [0.4, 0.5) is 5.13 Å². The van der Waals surface area contributed by atoms with Gasteiger partial charge in [-0.1, -0.05) is 43.4 Å². The molecule has 1 amide bonds. The van der Waals surface area contributed by atoms with E-state index < -0.39 is 0 Å². The molecule has 6 heteroatoms. The third-order valence-corrected chi connectivity index (χ3v) is 6.51. The van der Waals surface area contributed by atoms with Gasteiger partial charge in [-0.15, -0.1) is 11.3 Å². The number of fused-ring (bicyclic) bond motifs is 1. The van der Waals surface area contributed by atoms with Crippen LogP contribution >= 0.6 is 22.7 Å². The van der Waals surface area contributed by atoms with E-state index in [0.717, 1.165) is 21.5 Å². The second kappa shape index (κ2) is 8.35. The molecule has 0 aliphatic heterocycles. The van der Waals surface area contributed by atoms with Gasteiger partial charge in [0, 0.05) is 5.56 Å². The van der Waals surface area contributed by atoms with Gasteiger partial charge in [0.2, 0.25) is 0 Å². The summed E-state index contributed by atoms with van der Waals surface area (Å²) >= 11 is 2.90. The Morgan fingerprint density at radius 2 is 1.93 bits per heavy atom. The van der Waals surface area contributed by atoms with E-state index in [1.54, 1.807) is 0 Å². The van der Waals surface area contributed by atoms with E-state index in [1.807, 2.05) is 42.6 Å². The number of nitrogens with one attached hydrogen (secondary N) is 1. The molecule has 0 unspecified atom stereocenters. The van der Waals surface area contributed by atoms with Crippen LogP contribution in [0, 0.1) is 6.92 Å². The SMILES string of the molecule is Cc1ccc2nc(NC(=O)c3cc(COc4ccc(C(C)C)cc4)cs3)sc2c1. The van der Waals surface area contributed by atoms with E-state index in [2.05, 4.69) is 42.3 Å². The van der Waals surface area contributed by atoms with Crippen molar-refractivity contribution < 1.29 is 9.53 Å². The molecule has 4 rings (SSSR count). The van der Waals surface area contributed by atoms with Gasteiger partial charge in [0.1, 0.15) is 12.4 Å². The van der Waals surface area contributed by atoms with E-state index in [4.69, 9.17) is 4.74 Å². The van der Waals surface area contributed by atoms with Crippen LogP contribution in [-0.2, 0) is 6.61 Å². The van der Waals surface area contributed by atoms with Gasteiger partial charge in [0.15, 0.2) is 5.13 Å². The van der Waals surface area contributed by atoms with Gasteiger partial charge < -0.3 is 4.74 Å². The first-order chi connectivity index (χ1) is 14.0. The largest absolute Gasteiger partial charge is 0.489 e. The van der Waals surface area contributed by atoms with Gasteiger partial charge in [-0.3, -0.25) is 10.1 Å². The first kappa shape index (κ1) is 19.6. The van der Waals surface area contributed by atoms with Gasteiger partial charge in [-0.2, -0.15) is 0 Å². The Morgan fingerprint density at radius 1 is 1.14 bits per heavy atom. The Bertz CT molecular complexity index is 1140. The average molecular weight is 423 g/mol. The van der Waals surface area contributed by atoms with E-state index in [9.17, 15) is 4.79 Å². The molecule has 0 radical (unpaired) electrons. The van der Waals surface area contributed by atoms with Crippen LogP contribution in [0.25, 0.3) is 10.2 Å². The number of rotatable bonds is 6. The summed E-state index contributed by atoms with van der Waals surface area (Å²) in [6.45, 7) is 6.82. The molecule has 4 aromatic rings. The molecule has 0 atom stereocenters. The molecule has 0 aliphatic carbocycles. The molecule has 2 heterocycles. The second-order valence-corrected chi connectivity index (χ2v) is 9.22. The smallest absolute Gasteiger partial charge is 0.267 e. The first-order valence-electron chi connectivity index (χ1n) is 9.46. The van der Waals surface area contributed by atoms with Crippen molar-refractivity contribution >= 4 is 43.9 Å². The molecular formula is C23H22N2O2S2. The maximum Gasteiger partial charge on any atom is 0.267 e. The van der Waals surface area contributed by atoms with Gasteiger partial charge >= 0.3 is 0 Å². The number of anilines is 1. The molecule has 148 valence electrons. The number of ether oxygens (including phenoxy) is 1. The number of aromatic nitrogens is 1. The van der Waals surface area contributed by atoms with Crippen LogP contribution in [0.1, 0.15) is 46.1 Å². The van der Waals surface area contributed by atoms with Gasteiger partial charge in [0.05, 0.1) is 15.1 Å². The number of thiophene rings is 1. The minimum atomic E-state index is -0.140. The molecule has 0 saturated carbocycles. The first-order valence-corrected chi connectivity index (χ1v) is 11.2. The average Bonchev–Trinajstić information content (AvgIpc) is 3.33. The molecular weight excluding hydrogens is 400 g/mol. The summed E-state index contributed by atoms with van der Waals surface area (Å²) in [5.41, 5.74) is 4.35. The van der Waals surface area contributed by atoms with Crippen molar-refractivity contribution in [3.63, 3.8) is 0 Å². The Hall–Kier alpha value is -2.70. The van der Waals surface area contributed by atoms with Crippen LogP contribution in [0.2, 0.25) is 0 Å². The fourth-order valence-electron chi connectivity index (χ4n) is 2.93. The minimum absolute atomic E-state index is 0.140. The highest BCUT2D eigenvalue weighted by Crippen LogP contribution is 2.28. The van der Waals surface area contributed by atoms with E-state index in [1.165, 1.54) is 33.8 Å². The van der Waals surface area contributed by atoms with Crippen molar-refractivity contribution in [2.75, 3.05) is 5.32 Å². The van der Waals surface area contributed by atoms with E-state index in [-0.39, 0.29) is 5.91 Å². The lowest BCUT2D eigenvalue weighted by molar-refractivity contribution is 0.103. The molecule has 0 aliphatic rings. The summed E-state index contributed by atoms with van der Waals surface area (Å²) in [5.74, 6) is 1.19. The summed E-state index contributed by atoms with van der Waals surface area (Å²) in [4.78, 5) is 17.7. The molecule has 1 N–H and O–H groups in total. The molecule has 0 saturated heterocycles. The normalized spacial score (nSPS) is 11.2. The molecule has 0 spiro atoms. The maximum absolute atomic E-state index is 12.6. The van der Waals surface area contributed by atoms with Crippen molar-refractivity contribution in [3.8, 4) is 5.75 Å². The fraction of sp³-hybridized carbons (Fsp3) is 0.217. The zero-order valence-electron chi connectivity index (χ0n) is 16.6. The Morgan fingerprint density at radius 3 is 2.69 bits per heavy atom. The van der Waals surface area contributed by atoms with Crippen LogP contribution in [0.15, 0.2) is 53.9 Å². The van der Waals surface area contributed by atoms with Gasteiger partial charge in [-0.25, -0.2) is 4.98 Å².